The van der Waals surface area contributed by atoms with Crippen LogP contribution in [0.3, 0.4) is 0 Å². The number of unbranched alkanes of at least 4 members (excludes halogenated alkanes) is 1. The van der Waals surface area contributed by atoms with Gasteiger partial charge < -0.3 is 20.5 Å². The van der Waals surface area contributed by atoms with Gasteiger partial charge in [0.25, 0.3) is 0 Å². The lowest BCUT2D eigenvalue weighted by Gasteiger charge is -2.19. The SMILES string of the molecule is NCCCCNc1ccc2c(c1)OCCO2. The molecule has 0 saturated heterocycles. The lowest BCUT2D eigenvalue weighted by atomic mass is 10.2. The average molecular weight is 222 g/mol. The van der Waals surface area contributed by atoms with Crippen LogP contribution in [0, 0.1) is 0 Å². The smallest absolute Gasteiger partial charge is 0.163 e. The molecule has 0 radical (unpaired) electrons. The van der Waals surface area contributed by atoms with E-state index >= 15 is 0 Å². The van der Waals surface area contributed by atoms with Gasteiger partial charge in [-0.3, -0.25) is 0 Å². The lowest BCUT2D eigenvalue weighted by molar-refractivity contribution is 0.171. The van der Waals surface area contributed by atoms with Crippen molar-refractivity contribution >= 4 is 5.69 Å². The third kappa shape index (κ3) is 2.79. The molecule has 1 heterocycles. The van der Waals surface area contributed by atoms with Crippen molar-refractivity contribution in [3.63, 3.8) is 0 Å². The van der Waals surface area contributed by atoms with E-state index in [0.29, 0.717) is 13.2 Å². The first-order chi connectivity index (χ1) is 7.90. The number of hydrogen-bond donors (Lipinski definition) is 2. The van der Waals surface area contributed by atoms with Crippen molar-refractivity contribution in [3.8, 4) is 11.5 Å². The van der Waals surface area contributed by atoms with Crippen molar-refractivity contribution < 1.29 is 9.47 Å². The molecule has 0 aliphatic carbocycles. The number of rotatable bonds is 5. The van der Waals surface area contributed by atoms with Gasteiger partial charge in [-0.2, -0.15) is 0 Å². The Hall–Kier alpha value is -1.42. The maximum Gasteiger partial charge on any atom is 0.163 e. The Labute approximate surface area is 95.7 Å². The van der Waals surface area contributed by atoms with E-state index < -0.39 is 0 Å². The fraction of sp³-hybridized carbons (Fsp3) is 0.500. The normalized spacial score (nSPS) is 13.6. The molecule has 0 aromatic heterocycles. The highest BCUT2D eigenvalue weighted by molar-refractivity contribution is 5.55. The molecule has 0 unspecified atom stereocenters. The van der Waals surface area contributed by atoms with Crippen LogP contribution in [0.4, 0.5) is 5.69 Å². The fourth-order valence-corrected chi connectivity index (χ4v) is 1.66. The molecule has 0 spiro atoms. The number of nitrogens with one attached hydrogen (secondary N) is 1. The average Bonchev–Trinajstić information content (AvgIpc) is 2.34. The summed E-state index contributed by atoms with van der Waals surface area (Å²) in [5.74, 6) is 1.66. The first-order valence-electron chi connectivity index (χ1n) is 5.74. The molecule has 3 N–H and O–H groups in total. The third-order valence-electron chi connectivity index (χ3n) is 2.50. The van der Waals surface area contributed by atoms with Crippen molar-refractivity contribution in [2.24, 2.45) is 5.73 Å². The molecule has 0 atom stereocenters. The molecule has 0 saturated carbocycles. The van der Waals surface area contributed by atoms with E-state index in [1.165, 1.54) is 0 Å². The second-order valence-corrected chi connectivity index (χ2v) is 3.78. The Kier molecular flexibility index (Phi) is 3.88. The van der Waals surface area contributed by atoms with Crippen molar-refractivity contribution in [2.45, 2.75) is 12.8 Å². The molecule has 1 aromatic rings. The van der Waals surface area contributed by atoms with Crippen LogP contribution in [0.25, 0.3) is 0 Å². The molecule has 1 aliphatic heterocycles. The van der Waals surface area contributed by atoms with Gasteiger partial charge in [0.2, 0.25) is 0 Å². The largest absolute Gasteiger partial charge is 0.486 e. The van der Waals surface area contributed by atoms with Crippen LogP contribution in [0.1, 0.15) is 12.8 Å². The zero-order valence-corrected chi connectivity index (χ0v) is 9.37. The van der Waals surface area contributed by atoms with Gasteiger partial charge in [0.15, 0.2) is 11.5 Å². The van der Waals surface area contributed by atoms with Crippen molar-refractivity contribution in [1.29, 1.82) is 0 Å². The summed E-state index contributed by atoms with van der Waals surface area (Å²) >= 11 is 0. The zero-order valence-electron chi connectivity index (χ0n) is 9.37. The Morgan fingerprint density at radius 2 is 1.94 bits per heavy atom. The number of fused-ring (bicyclic) bond motifs is 1. The van der Waals surface area contributed by atoms with E-state index in [0.717, 1.165) is 43.1 Å². The summed E-state index contributed by atoms with van der Waals surface area (Å²) in [6.45, 7) is 2.96. The molecule has 1 aromatic carbocycles. The van der Waals surface area contributed by atoms with Crippen LogP contribution in [-0.4, -0.2) is 26.3 Å². The molecule has 2 rings (SSSR count). The maximum absolute atomic E-state index is 5.51. The molecule has 4 nitrogen and oxygen atoms in total. The summed E-state index contributed by atoms with van der Waals surface area (Å²) in [5, 5.41) is 3.34. The number of ether oxygens (including phenoxy) is 2. The van der Waals surface area contributed by atoms with Gasteiger partial charge in [-0.25, -0.2) is 0 Å². The van der Waals surface area contributed by atoms with Crippen LogP contribution >= 0.6 is 0 Å². The second kappa shape index (κ2) is 5.61. The highest BCUT2D eigenvalue weighted by atomic mass is 16.6. The number of nitrogens with two attached hydrogens (primary N) is 1. The standard InChI is InChI=1S/C12H18N2O2/c13-5-1-2-6-14-10-3-4-11-12(9-10)16-8-7-15-11/h3-4,9,14H,1-2,5-8,13H2. The predicted molar refractivity (Wildman–Crippen MR) is 64.2 cm³/mol. The monoisotopic (exact) mass is 222 g/mol. The highest BCUT2D eigenvalue weighted by Crippen LogP contribution is 2.32. The van der Waals surface area contributed by atoms with E-state index in [-0.39, 0.29) is 0 Å². The molecule has 0 amide bonds. The zero-order chi connectivity index (χ0) is 11.2. The highest BCUT2D eigenvalue weighted by Gasteiger charge is 2.11. The van der Waals surface area contributed by atoms with E-state index in [9.17, 15) is 0 Å². The topological polar surface area (TPSA) is 56.5 Å². The van der Waals surface area contributed by atoms with Crippen LogP contribution in [0.15, 0.2) is 18.2 Å². The first-order valence-corrected chi connectivity index (χ1v) is 5.74. The minimum atomic E-state index is 0.629. The molecule has 16 heavy (non-hydrogen) atoms. The predicted octanol–water partition coefficient (Wildman–Crippen LogP) is 1.61. The van der Waals surface area contributed by atoms with Gasteiger partial charge in [-0.05, 0) is 31.5 Å². The second-order valence-electron chi connectivity index (χ2n) is 3.78. The van der Waals surface area contributed by atoms with Crippen LogP contribution < -0.4 is 20.5 Å². The number of hydrogen-bond acceptors (Lipinski definition) is 4. The lowest BCUT2D eigenvalue weighted by Crippen LogP contribution is -2.15. The van der Waals surface area contributed by atoms with Gasteiger partial charge in [0.05, 0.1) is 0 Å². The Morgan fingerprint density at radius 1 is 1.12 bits per heavy atom. The molecule has 0 fully saturated rings. The summed E-state index contributed by atoms with van der Waals surface area (Å²) in [4.78, 5) is 0. The van der Waals surface area contributed by atoms with Gasteiger partial charge in [0, 0.05) is 18.3 Å². The Bertz CT molecular complexity index is 342. The molecule has 4 heteroatoms. The molecule has 0 bridgehead atoms. The van der Waals surface area contributed by atoms with Crippen molar-refractivity contribution in [1.82, 2.24) is 0 Å². The quantitative estimate of drug-likeness (QED) is 0.743. The van der Waals surface area contributed by atoms with Gasteiger partial charge in [-0.15, -0.1) is 0 Å². The molecular formula is C12H18N2O2. The number of benzene rings is 1. The molecule has 88 valence electrons. The van der Waals surface area contributed by atoms with E-state index in [1.54, 1.807) is 0 Å². The van der Waals surface area contributed by atoms with Crippen LogP contribution in [0.5, 0.6) is 11.5 Å². The summed E-state index contributed by atoms with van der Waals surface area (Å²) in [6, 6.07) is 5.94. The van der Waals surface area contributed by atoms with Crippen molar-refractivity contribution in [3.05, 3.63) is 18.2 Å². The fourth-order valence-electron chi connectivity index (χ4n) is 1.66. The van der Waals surface area contributed by atoms with Crippen molar-refractivity contribution in [2.75, 3.05) is 31.6 Å². The molecular weight excluding hydrogens is 204 g/mol. The third-order valence-corrected chi connectivity index (χ3v) is 2.50. The minimum Gasteiger partial charge on any atom is -0.486 e. The van der Waals surface area contributed by atoms with Gasteiger partial charge in [0.1, 0.15) is 13.2 Å². The Morgan fingerprint density at radius 3 is 2.75 bits per heavy atom. The number of anilines is 1. The summed E-state index contributed by atoms with van der Waals surface area (Å²) in [6.07, 6.45) is 2.14. The minimum absolute atomic E-state index is 0.629. The maximum atomic E-state index is 5.51. The van der Waals surface area contributed by atoms with E-state index in [2.05, 4.69) is 5.32 Å². The summed E-state index contributed by atoms with van der Waals surface area (Å²) in [7, 11) is 0. The van der Waals surface area contributed by atoms with E-state index in [1.807, 2.05) is 18.2 Å². The van der Waals surface area contributed by atoms with Gasteiger partial charge in [-0.1, -0.05) is 0 Å². The summed E-state index contributed by atoms with van der Waals surface area (Å²) < 4.78 is 11.0. The summed E-state index contributed by atoms with van der Waals surface area (Å²) in [5.41, 5.74) is 6.51. The van der Waals surface area contributed by atoms with Crippen LogP contribution in [0.2, 0.25) is 0 Å². The van der Waals surface area contributed by atoms with Gasteiger partial charge >= 0.3 is 0 Å². The van der Waals surface area contributed by atoms with E-state index in [4.69, 9.17) is 15.2 Å². The van der Waals surface area contributed by atoms with Crippen LogP contribution in [-0.2, 0) is 0 Å². The Balaban J connectivity index is 1.90. The molecule has 1 aliphatic rings. The first kappa shape index (κ1) is 11.1.